The number of hydrogen-bond donors (Lipinski definition) is 0. The van der Waals surface area contributed by atoms with Gasteiger partial charge >= 0.3 is 11.9 Å². The molecule has 0 aromatic heterocycles. The summed E-state index contributed by atoms with van der Waals surface area (Å²) in [5, 5.41) is 0. The highest BCUT2D eigenvalue weighted by molar-refractivity contribution is 6.33. The fourth-order valence-corrected chi connectivity index (χ4v) is 0.737. The van der Waals surface area contributed by atoms with Crippen LogP contribution in [-0.2, 0) is 23.9 Å². The van der Waals surface area contributed by atoms with E-state index in [1.165, 1.54) is 0 Å². The molecule has 5 heteroatoms. The van der Waals surface area contributed by atoms with Crippen molar-refractivity contribution in [1.29, 1.82) is 0 Å². The Hall–Kier alpha value is -1.65. The van der Waals surface area contributed by atoms with E-state index >= 15 is 0 Å². The van der Waals surface area contributed by atoms with Gasteiger partial charge in [0.15, 0.2) is 0 Å². The van der Waals surface area contributed by atoms with Gasteiger partial charge in [0.2, 0.25) is 5.78 Å². The van der Waals surface area contributed by atoms with Gasteiger partial charge in [0.05, 0.1) is 13.2 Å². The third-order valence-corrected chi connectivity index (χ3v) is 1.65. The number of ketones is 1. The first kappa shape index (κ1) is 14.3. The van der Waals surface area contributed by atoms with Gasteiger partial charge < -0.3 is 9.47 Å². The van der Waals surface area contributed by atoms with Gasteiger partial charge in [-0.15, -0.1) is 0 Å². The molecule has 0 saturated heterocycles. The summed E-state index contributed by atoms with van der Waals surface area (Å²) in [5.41, 5.74) is 0.318. The van der Waals surface area contributed by atoms with Crippen molar-refractivity contribution in [2.24, 2.45) is 0 Å². The summed E-state index contributed by atoms with van der Waals surface area (Å²) >= 11 is 0. The van der Waals surface area contributed by atoms with Gasteiger partial charge in [-0.3, -0.25) is 4.79 Å². The lowest BCUT2D eigenvalue weighted by Gasteiger charge is -2.04. The molecule has 16 heavy (non-hydrogen) atoms. The predicted octanol–water partition coefficient (Wildman–Crippen LogP) is 1.02. The van der Waals surface area contributed by atoms with Crippen LogP contribution in [0.1, 0.15) is 26.7 Å². The van der Waals surface area contributed by atoms with E-state index in [9.17, 15) is 14.4 Å². The highest BCUT2D eigenvalue weighted by Crippen LogP contribution is 1.94. The normalized spacial score (nSPS) is 9.38. The summed E-state index contributed by atoms with van der Waals surface area (Å²) in [6, 6.07) is 0. The first-order chi connectivity index (χ1) is 7.49. The van der Waals surface area contributed by atoms with Crippen LogP contribution in [0.25, 0.3) is 0 Å². The molecule has 0 aliphatic heterocycles. The summed E-state index contributed by atoms with van der Waals surface area (Å²) in [5.74, 6) is -1.87. The maximum Gasteiger partial charge on any atom is 0.374 e. The third-order valence-electron chi connectivity index (χ3n) is 1.65. The molecule has 0 atom stereocenters. The summed E-state index contributed by atoms with van der Waals surface area (Å²) in [6.07, 6.45) is 0.491. The highest BCUT2D eigenvalue weighted by atomic mass is 16.5. The Kier molecular flexibility index (Phi) is 6.83. The van der Waals surface area contributed by atoms with Crippen molar-refractivity contribution in [1.82, 2.24) is 0 Å². The Morgan fingerprint density at radius 2 is 1.56 bits per heavy atom. The second kappa shape index (κ2) is 7.62. The van der Waals surface area contributed by atoms with Crippen LogP contribution in [0, 0.1) is 0 Å². The summed E-state index contributed by atoms with van der Waals surface area (Å²) in [7, 11) is 0. The molecular formula is C11H16O5. The number of carbonyl (C=O) groups is 3. The van der Waals surface area contributed by atoms with Crippen molar-refractivity contribution in [3.63, 3.8) is 0 Å². The lowest BCUT2D eigenvalue weighted by atomic mass is 10.3. The van der Waals surface area contributed by atoms with Crippen LogP contribution < -0.4 is 0 Å². The molecular weight excluding hydrogens is 212 g/mol. The summed E-state index contributed by atoms with van der Waals surface area (Å²) in [6.45, 7) is 6.74. The van der Waals surface area contributed by atoms with E-state index in [-0.39, 0.29) is 19.6 Å². The van der Waals surface area contributed by atoms with Crippen molar-refractivity contribution < 1.29 is 23.9 Å². The Balaban J connectivity index is 3.55. The average molecular weight is 228 g/mol. The quantitative estimate of drug-likeness (QED) is 0.281. The smallest absolute Gasteiger partial charge is 0.374 e. The van der Waals surface area contributed by atoms with Gasteiger partial charge in [0, 0.05) is 18.4 Å². The van der Waals surface area contributed by atoms with E-state index in [0.29, 0.717) is 12.0 Å². The molecule has 5 nitrogen and oxygen atoms in total. The monoisotopic (exact) mass is 228 g/mol. The van der Waals surface area contributed by atoms with Crippen molar-refractivity contribution in [2.75, 3.05) is 13.2 Å². The maximum absolute atomic E-state index is 10.9. The molecule has 0 radical (unpaired) electrons. The third kappa shape index (κ3) is 5.95. The number of esters is 2. The molecule has 0 unspecified atom stereocenters. The van der Waals surface area contributed by atoms with Crippen LogP contribution in [0.2, 0.25) is 0 Å². The van der Waals surface area contributed by atoms with Crippen molar-refractivity contribution in [3.05, 3.63) is 12.2 Å². The van der Waals surface area contributed by atoms with E-state index in [4.69, 9.17) is 4.74 Å². The van der Waals surface area contributed by atoms with Crippen LogP contribution in [0.5, 0.6) is 0 Å². The van der Waals surface area contributed by atoms with Crippen LogP contribution in [0.15, 0.2) is 12.2 Å². The zero-order valence-corrected chi connectivity index (χ0v) is 9.58. The fraction of sp³-hybridized carbons (Fsp3) is 0.545. The standard InChI is InChI=1S/C11H16O5/c1-4-9(12)11(14)16-7-5-6-15-10(13)8(2)3/h2,4-7H2,1,3H3. The lowest BCUT2D eigenvalue weighted by molar-refractivity contribution is -0.154. The maximum atomic E-state index is 10.9. The molecule has 0 bridgehead atoms. The van der Waals surface area contributed by atoms with Crippen molar-refractivity contribution >= 4 is 17.7 Å². The molecule has 0 aromatic rings. The van der Waals surface area contributed by atoms with Gasteiger partial charge in [0.1, 0.15) is 0 Å². The second-order valence-corrected chi connectivity index (χ2v) is 3.18. The van der Waals surface area contributed by atoms with Crippen molar-refractivity contribution in [3.8, 4) is 0 Å². The molecule has 0 rings (SSSR count). The number of rotatable bonds is 7. The largest absolute Gasteiger partial charge is 0.462 e. The zero-order valence-electron chi connectivity index (χ0n) is 9.58. The number of ether oxygens (including phenoxy) is 2. The molecule has 0 amide bonds. The first-order valence-electron chi connectivity index (χ1n) is 5.01. The summed E-state index contributed by atoms with van der Waals surface area (Å²) < 4.78 is 9.39. The minimum absolute atomic E-state index is 0.0635. The number of Topliss-reactive ketones (excluding diaryl/α,β-unsaturated/α-hetero) is 1. The summed E-state index contributed by atoms with van der Waals surface area (Å²) in [4.78, 5) is 32.6. The lowest BCUT2D eigenvalue weighted by Crippen LogP contribution is -2.17. The molecule has 0 heterocycles. The average Bonchev–Trinajstić information content (AvgIpc) is 2.26. The number of carbonyl (C=O) groups excluding carboxylic acids is 3. The fourth-order valence-electron chi connectivity index (χ4n) is 0.737. The Morgan fingerprint density at radius 1 is 1.06 bits per heavy atom. The van der Waals surface area contributed by atoms with Crippen LogP contribution in [0.3, 0.4) is 0 Å². The molecule has 0 aliphatic carbocycles. The molecule has 0 aliphatic rings. The topological polar surface area (TPSA) is 69.7 Å². The Labute approximate surface area is 94.4 Å². The minimum Gasteiger partial charge on any atom is -0.462 e. The van der Waals surface area contributed by atoms with Gasteiger partial charge in [0.25, 0.3) is 0 Å². The van der Waals surface area contributed by atoms with Crippen LogP contribution in [0.4, 0.5) is 0 Å². The molecule has 0 saturated carbocycles. The van der Waals surface area contributed by atoms with Gasteiger partial charge in [-0.2, -0.15) is 0 Å². The molecule has 90 valence electrons. The van der Waals surface area contributed by atoms with E-state index < -0.39 is 17.7 Å². The minimum atomic E-state index is -0.839. The molecule has 0 aromatic carbocycles. The van der Waals surface area contributed by atoms with E-state index in [1.54, 1.807) is 13.8 Å². The van der Waals surface area contributed by atoms with Crippen LogP contribution in [-0.4, -0.2) is 30.9 Å². The highest BCUT2D eigenvalue weighted by Gasteiger charge is 2.11. The Bertz CT molecular complexity index is 293. The van der Waals surface area contributed by atoms with Gasteiger partial charge in [-0.25, -0.2) is 9.59 Å². The number of hydrogen-bond acceptors (Lipinski definition) is 5. The van der Waals surface area contributed by atoms with Gasteiger partial charge in [-0.05, 0) is 6.92 Å². The molecule has 0 fully saturated rings. The Morgan fingerprint density at radius 3 is 2.00 bits per heavy atom. The van der Waals surface area contributed by atoms with Crippen LogP contribution >= 0.6 is 0 Å². The zero-order chi connectivity index (χ0) is 12.6. The van der Waals surface area contributed by atoms with E-state index in [0.717, 1.165) is 0 Å². The molecule has 0 N–H and O–H groups in total. The SMILES string of the molecule is C=C(C)C(=O)OCCCOC(=O)C(=O)CC. The second-order valence-electron chi connectivity index (χ2n) is 3.18. The first-order valence-corrected chi connectivity index (χ1v) is 5.01. The van der Waals surface area contributed by atoms with E-state index in [2.05, 4.69) is 11.3 Å². The predicted molar refractivity (Wildman–Crippen MR) is 56.6 cm³/mol. The van der Waals surface area contributed by atoms with Crippen molar-refractivity contribution in [2.45, 2.75) is 26.7 Å². The van der Waals surface area contributed by atoms with Gasteiger partial charge in [-0.1, -0.05) is 13.5 Å². The van der Waals surface area contributed by atoms with E-state index in [1.807, 2.05) is 0 Å². The molecule has 0 spiro atoms.